The minimum atomic E-state index is 0.685. The zero-order chi connectivity index (χ0) is 10.5. The van der Waals surface area contributed by atoms with Crippen LogP contribution in [0.1, 0.15) is 52.4 Å². The third-order valence-electron chi connectivity index (χ3n) is 5.38. The zero-order valence-corrected chi connectivity index (χ0v) is 10.3. The Kier molecular flexibility index (Phi) is 2.35. The van der Waals surface area contributed by atoms with Crippen LogP contribution in [0.5, 0.6) is 0 Å². The maximum absolute atomic E-state index is 3.80. The molecule has 1 N–H and O–H groups in total. The molecule has 1 nitrogen and oxygen atoms in total. The van der Waals surface area contributed by atoms with Crippen LogP contribution in [0.25, 0.3) is 0 Å². The van der Waals surface area contributed by atoms with Gasteiger partial charge in [0, 0.05) is 12.6 Å². The highest BCUT2D eigenvalue weighted by Gasteiger charge is 2.55. The van der Waals surface area contributed by atoms with Gasteiger partial charge in [-0.3, -0.25) is 0 Å². The number of hydrogen-bond acceptors (Lipinski definition) is 1. The average Bonchev–Trinajstić information content (AvgIpc) is 3.16. The van der Waals surface area contributed by atoms with Gasteiger partial charge in [-0.05, 0) is 55.3 Å². The molecule has 0 aromatic heterocycles. The second kappa shape index (κ2) is 3.48. The Bertz CT molecular complexity index is 234. The van der Waals surface area contributed by atoms with E-state index in [0.717, 1.165) is 23.8 Å². The van der Waals surface area contributed by atoms with Gasteiger partial charge in [0.1, 0.15) is 0 Å². The van der Waals surface area contributed by atoms with Crippen molar-refractivity contribution < 1.29 is 0 Å². The van der Waals surface area contributed by atoms with E-state index in [1.54, 1.807) is 6.42 Å². The smallest absolute Gasteiger partial charge is 0.00684 e. The Morgan fingerprint density at radius 2 is 1.93 bits per heavy atom. The van der Waals surface area contributed by atoms with Crippen LogP contribution in [0.4, 0.5) is 0 Å². The lowest BCUT2D eigenvalue weighted by molar-refractivity contribution is 0.149. The van der Waals surface area contributed by atoms with Crippen LogP contribution in [-0.2, 0) is 0 Å². The minimum Gasteiger partial charge on any atom is -0.313 e. The van der Waals surface area contributed by atoms with E-state index in [2.05, 4.69) is 19.2 Å². The molecule has 0 spiro atoms. The van der Waals surface area contributed by atoms with Crippen molar-refractivity contribution in [2.45, 2.75) is 58.4 Å². The molecular weight excluding hydrogens is 182 g/mol. The molecule has 0 amide bonds. The molecule has 3 atom stereocenters. The van der Waals surface area contributed by atoms with Crippen molar-refractivity contribution in [2.75, 3.05) is 6.54 Å². The Morgan fingerprint density at radius 3 is 2.47 bits per heavy atom. The van der Waals surface area contributed by atoms with Gasteiger partial charge in [0.2, 0.25) is 0 Å². The summed E-state index contributed by atoms with van der Waals surface area (Å²) in [7, 11) is 0. The molecule has 15 heavy (non-hydrogen) atoms. The molecule has 3 aliphatic rings. The first-order valence-electron chi connectivity index (χ1n) is 6.97. The van der Waals surface area contributed by atoms with Gasteiger partial charge < -0.3 is 5.32 Å². The summed E-state index contributed by atoms with van der Waals surface area (Å²) < 4.78 is 0. The molecule has 0 bridgehead atoms. The molecule has 0 radical (unpaired) electrons. The Morgan fingerprint density at radius 1 is 1.27 bits per heavy atom. The standard InChI is InChI=1S/C14H25N/c1-3-10(2)14(9-15-13-4-5-13)7-11-6-12(11)8-14/h10-13,15H,3-9H2,1-2H3. The molecule has 0 aromatic carbocycles. The molecule has 3 saturated carbocycles. The van der Waals surface area contributed by atoms with Gasteiger partial charge in [0.25, 0.3) is 0 Å². The summed E-state index contributed by atoms with van der Waals surface area (Å²) in [5.41, 5.74) is 0.685. The van der Waals surface area contributed by atoms with Gasteiger partial charge in [-0.25, -0.2) is 0 Å². The van der Waals surface area contributed by atoms with Crippen LogP contribution in [-0.4, -0.2) is 12.6 Å². The molecule has 0 aromatic rings. The van der Waals surface area contributed by atoms with Crippen molar-refractivity contribution >= 4 is 0 Å². The summed E-state index contributed by atoms with van der Waals surface area (Å²) >= 11 is 0. The van der Waals surface area contributed by atoms with Crippen molar-refractivity contribution in [1.82, 2.24) is 5.32 Å². The van der Waals surface area contributed by atoms with E-state index >= 15 is 0 Å². The molecule has 1 heteroatoms. The monoisotopic (exact) mass is 207 g/mol. The van der Waals surface area contributed by atoms with Crippen LogP contribution >= 0.6 is 0 Å². The van der Waals surface area contributed by atoms with E-state index in [-0.39, 0.29) is 0 Å². The predicted molar refractivity (Wildman–Crippen MR) is 63.7 cm³/mol. The minimum absolute atomic E-state index is 0.685. The van der Waals surface area contributed by atoms with Crippen LogP contribution in [0.3, 0.4) is 0 Å². The molecule has 0 aliphatic heterocycles. The van der Waals surface area contributed by atoms with Crippen molar-refractivity contribution in [3.05, 3.63) is 0 Å². The highest BCUT2D eigenvalue weighted by Crippen LogP contribution is 2.62. The number of nitrogens with one attached hydrogen (secondary N) is 1. The molecule has 0 saturated heterocycles. The Balaban J connectivity index is 1.63. The lowest BCUT2D eigenvalue weighted by Crippen LogP contribution is -2.39. The van der Waals surface area contributed by atoms with Gasteiger partial charge in [-0.1, -0.05) is 20.3 Å². The fraction of sp³-hybridized carbons (Fsp3) is 1.00. The second-order valence-corrected chi connectivity index (χ2v) is 6.49. The van der Waals surface area contributed by atoms with E-state index in [1.165, 1.54) is 38.6 Å². The van der Waals surface area contributed by atoms with E-state index in [0.29, 0.717) is 5.41 Å². The van der Waals surface area contributed by atoms with Gasteiger partial charge in [-0.2, -0.15) is 0 Å². The lowest BCUT2D eigenvalue weighted by Gasteiger charge is -2.37. The van der Waals surface area contributed by atoms with Crippen LogP contribution in [0, 0.1) is 23.2 Å². The summed E-state index contributed by atoms with van der Waals surface area (Å²) in [6, 6.07) is 0.892. The summed E-state index contributed by atoms with van der Waals surface area (Å²) in [5.74, 6) is 3.18. The maximum Gasteiger partial charge on any atom is 0.00684 e. The number of fused-ring (bicyclic) bond motifs is 1. The number of hydrogen-bond donors (Lipinski definition) is 1. The molecular formula is C14H25N. The summed E-state index contributed by atoms with van der Waals surface area (Å²) in [4.78, 5) is 0. The van der Waals surface area contributed by atoms with Gasteiger partial charge >= 0.3 is 0 Å². The largest absolute Gasteiger partial charge is 0.313 e. The summed E-state index contributed by atoms with van der Waals surface area (Å²) in [6.45, 7) is 6.17. The first-order chi connectivity index (χ1) is 7.23. The summed E-state index contributed by atoms with van der Waals surface area (Å²) in [5, 5.41) is 3.80. The lowest BCUT2D eigenvalue weighted by atomic mass is 9.71. The van der Waals surface area contributed by atoms with Crippen LogP contribution in [0.15, 0.2) is 0 Å². The molecule has 3 unspecified atom stereocenters. The quantitative estimate of drug-likeness (QED) is 0.730. The zero-order valence-electron chi connectivity index (χ0n) is 10.3. The molecule has 0 heterocycles. The Labute approximate surface area is 94.0 Å². The van der Waals surface area contributed by atoms with Gasteiger partial charge in [0.15, 0.2) is 0 Å². The van der Waals surface area contributed by atoms with Crippen LogP contribution in [0.2, 0.25) is 0 Å². The van der Waals surface area contributed by atoms with E-state index < -0.39 is 0 Å². The summed E-state index contributed by atoms with van der Waals surface area (Å²) in [6.07, 6.45) is 8.86. The van der Waals surface area contributed by atoms with Crippen LogP contribution < -0.4 is 5.32 Å². The molecule has 3 rings (SSSR count). The molecule has 86 valence electrons. The normalized spacial score (nSPS) is 45.2. The van der Waals surface area contributed by atoms with E-state index in [1.807, 2.05) is 0 Å². The number of rotatable bonds is 5. The van der Waals surface area contributed by atoms with Crippen molar-refractivity contribution in [1.29, 1.82) is 0 Å². The van der Waals surface area contributed by atoms with E-state index in [9.17, 15) is 0 Å². The van der Waals surface area contributed by atoms with E-state index in [4.69, 9.17) is 0 Å². The topological polar surface area (TPSA) is 12.0 Å². The SMILES string of the molecule is CCC(C)C1(CNC2CC2)CC2CC2C1. The third kappa shape index (κ3) is 1.84. The van der Waals surface area contributed by atoms with Gasteiger partial charge in [-0.15, -0.1) is 0 Å². The first-order valence-corrected chi connectivity index (χ1v) is 6.97. The first kappa shape index (κ1) is 10.1. The fourth-order valence-electron chi connectivity index (χ4n) is 3.73. The van der Waals surface area contributed by atoms with Crippen molar-refractivity contribution in [3.63, 3.8) is 0 Å². The highest BCUT2D eigenvalue weighted by molar-refractivity contribution is 5.06. The molecule has 3 fully saturated rings. The average molecular weight is 207 g/mol. The third-order valence-corrected chi connectivity index (χ3v) is 5.38. The second-order valence-electron chi connectivity index (χ2n) is 6.49. The maximum atomic E-state index is 3.80. The van der Waals surface area contributed by atoms with Crippen molar-refractivity contribution in [2.24, 2.45) is 23.2 Å². The Hall–Kier alpha value is -0.0400. The highest BCUT2D eigenvalue weighted by atomic mass is 15.0. The van der Waals surface area contributed by atoms with Gasteiger partial charge in [0.05, 0.1) is 0 Å². The fourth-order valence-corrected chi connectivity index (χ4v) is 3.73. The predicted octanol–water partition coefficient (Wildman–Crippen LogP) is 3.20. The van der Waals surface area contributed by atoms with Crippen molar-refractivity contribution in [3.8, 4) is 0 Å². The molecule has 3 aliphatic carbocycles.